The van der Waals surface area contributed by atoms with Gasteiger partial charge in [-0.3, -0.25) is 19.5 Å². The molecule has 5 rings (SSSR count). The maximum atomic E-state index is 13.6. The van der Waals surface area contributed by atoms with Crippen LogP contribution in [0.15, 0.2) is 48.8 Å². The molecule has 2 fully saturated rings. The molecule has 12 heteroatoms. The van der Waals surface area contributed by atoms with Crippen LogP contribution in [0, 0.1) is 0 Å². The number of H-pyrrole nitrogens is 1. The van der Waals surface area contributed by atoms with E-state index >= 15 is 0 Å². The summed E-state index contributed by atoms with van der Waals surface area (Å²) in [5, 5.41) is 9.58. The van der Waals surface area contributed by atoms with Crippen molar-refractivity contribution >= 4 is 34.4 Å². The number of piperidine rings is 1. The van der Waals surface area contributed by atoms with Gasteiger partial charge in [-0.25, -0.2) is 13.8 Å². The fraction of sp³-hybridized carbons (Fsp3) is 0.375. The number of likely N-dealkylation sites (tertiary alicyclic amines) is 1. The Morgan fingerprint density at radius 3 is 2.61 bits per heavy atom. The summed E-state index contributed by atoms with van der Waals surface area (Å²) < 4.78 is 25.0. The van der Waals surface area contributed by atoms with E-state index in [0.717, 1.165) is 11.1 Å². The van der Waals surface area contributed by atoms with E-state index in [9.17, 15) is 23.2 Å². The number of fused-ring (bicyclic) bond motifs is 1. The number of amides is 3. The van der Waals surface area contributed by atoms with Crippen LogP contribution < -0.4 is 10.2 Å². The van der Waals surface area contributed by atoms with Crippen LogP contribution in [0.1, 0.15) is 23.2 Å². The van der Waals surface area contributed by atoms with Gasteiger partial charge in [-0.05, 0) is 31.0 Å². The number of nitrogens with one attached hydrogen (secondary N) is 2. The molecular weight excluding hydrogens is 472 g/mol. The molecule has 2 saturated heterocycles. The number of nitrogens with zero attached hydrogens (tertiary/aromatic N) is 5. The molecule has 36 heavy (non-hydrogen) atoms. The van der Waals surface area contributed by atoms with Crippen molar-refractivity contribution < 1.29 is 23.2 Å². The molecule has 4 heterocycles. The van der Waals surface area contributed by atoms with E-state index in [1.165, 1.54) is 11.1 Å². The first-order valence-electron chi connectivity index (χ1n) is 11.6. The largest absolute Gasteiger partial charge is 0.349 e. The zero-order valence-electron chi connectivity index (χ0n) is 19.4. The van der Waals surface area contributed by atoms with Crippen molar-refractivity contribution in [3.8, 4) is 0 Å². The van der Waals surface area contributed by atoms with Gasteiger partial charge in [0.15, 0.2) is 5.65 Å². The molecule has 10 nitrogen and oxygen atoms in total. The zero-order valence-corrected chi connectivity index (χ0v) is 19.4. The Bertz CT molecular complexity index is 1270. The number of rotatable bonds is 6. The summed E-state index contributed by atoms with van der Waals surface area (Å²) in [6.07, 6.45) is 1.17. The molecule has 1 aromatic carbocycles. The van der Waals surface area contributed by atoms with Gasteiger partial charge in [-0.15, -0.1) is 0 Å². The van der Waals surface area contributed by atoms with E-state index in [0.29, 0.717) is 37.1 Å². The molecule has 0 aliphatic carbocycles. The fourth-order valence-electron chi connectivity index (χ4n) is 4.96. The highest BCUT2D eigenvalue weighted by Gasteiger charge is 2.54. The summed E-state index contributed by atoms with van der Waals surface area (Å²) in [5.74, 6) is -1.06. The van der Waals surface area contributed by atoms with Gasteiger partial charge in [0.2, 0.25) is 5.91 Å². The van der Waals surface area contributed by atoms with Crippen molar-refractivity contribution in [2.75, 3.05) is 37.7 Å². The Morgan fingerprint density at radius 2 is 1.89 bits per heavy atom. The molecule has 188 valence electrons. The van der Waals surface area contributed by atoms with Crippen LogP contribution in [0.25, 0.3) is 11.0 Å². The van der Waals surface area contributed by atoms with Crippen LogP contribution >= 0.6 is 0 Å². The molecule has 2 N–H and O–H groups in total. The van der Waals surface area contributed by atoms with Gasteiger partial charge in [0.05, 0.1) is 25.0 Å². The highest BCUT2D eigenvalue weighted by molar-refractivity contribution is 5.98. The Hall–Kier alpha value is -4.09. The van der Waals surface area contributed by atoms with Gasteiger partial charge in [0.25, 0.3) is 18.2 Å². The molecular formula is C24H25F2N7O3. The van der Waals surface area contributed by atoms with Crippen LogP contribution in [0.2, 0.25) is 0 Å². The van der Waals surface area contributed by atoms with Gasteiger partial charge < -0.3 is 20.0 Å². The number of para-hydroxylation sites is 1. The topological polar surface area (TPSA) is 115 Å². The number of aromatic amines is 1. The second kappa shape index (κ2) is 9.51. The Morgan fingerprint density at radius 1 is 1.14 bits per heavy atom. The monoisotopic (exact) mass is 497 g/mol. The van der Waals surface area contributed by atoms with Crippen molar-refractivity contribution in [2.24, 2.45) is 0 Å². The molecule has 3 aromatic rings. The molecule has 3 amide bonds. The maximum Gasteiger partial charge on any atom is 0.255 e. The van der Waals surface area contributed by atoms with Crippen molar-refractivity contribution in [1.29, 1.82) is 0 Å². The van der Waals surface area contributed by atoms with Crippen LogP contribution in [0.4, 0.5) is 14.5 Å². The molecule has 0 saturated carbocycles. The predicted octanol–water partition coefficient (Wildman–Crippen LogP) is 1.62. The van der Waals surface area contributed by atoms with Gasteiger partial charge >= 0.3 is 0 Å². The number of carbonyl (C=O) groups excluding carboxylic acids is 3. The molecule has 0 bridgehead atoms. The van der Waals surface area contributed by atoms with E-state index in [4.69, 9.17) is 0 Å². The average molecular weight is 498 g/mol. The lowest BCUT2D eigenvalue weighted by Gasteiger charge is -2.43. The van der Waals surface area contributed by atoms with E-state index in [-0.39, 0.29) is 25.0 Å². The normalized spacial score (nSPS) is 17.4. The number of carbonyl (C=O) groups is 3. The molecule has 0 radical (unpaired) electrons. The first-order valence-corrected chi connectivity index (χ1v) is 11.6. The molecule has 2 aromatic heterocycles. The van der Waals surface area contributed by atoms with E-state index in [1.807, 2.05) is 35.2 Å². The Kier molecular flexibility index (Phi) is 6.25. The smallest absolute Gasteiger partial charge is 0.255 e. The molecule has 0 unspecified atom stereocenters. The second-order valence-corrected chi connectivity index (χ2v) is 8.96. The zero-order chi connectivity index (χ0) is 25.3. The summed E-state index contributed by atoms with van der Waals surface area (Å²) in [6, 6.07) is 11.1. The van der Waals surface area contributed by atoms with Crippen molar-refractivity contribution in [2.45, 2.75) is 24.8 Å². The predicted molar refractivity (Wildman–Crippen MR) is 126 cm³/mol. The highest BCUT2D eigenvalue weighted by Crippen LogP contribution is 2.39. The molecule has 1 spiro atoms. The molecule has 2 aliphatic rings. The minimum Gasteiger partial charge on any atom is -0.349 e. The minimum atomic E-state index is -2.67. The Labute approximate surface area is 205 Å². The number of aromatic nitrogens is 3. The van der Waals surface area contributed by atoms with Crippen LogP contribution in [0.5, 0.6) is 0 Å². The third kappa shape index (κ3) is 4.34. The van der Waals surface area contributed by atoms with Crippen molar-refractivity contribution in [1.82, 2.24) is 30.3 Å². The summed E-state index contributed by atoms with van der Waals surface area (Å²) in [6.45, 7) is -0.244. The fourth-order valence-corrected chi connectivity index (χ4v) is 4.96. The van der Waals surface area contributed by atoms with Crippen molar-refractivity contribution in [3.05, 3.63) is 54.4 Å². The summed E-state index contributed by atoms with van der Waals surface area (Å²) >= 11 is 0. The summed E-state index contributed by atoms with van der Waals surface area (Å²) in [5.41, 5.74) is 0.913. The second-order valence-electron chi connectivity index (χ2n) is 8.96. The van der Waals surface area contributed by atoms with Crippen LogP contribution in [-0.2, 0) is 9.59 Å². The van der Waals surface area contributed by atoms with Gasteiger partial charge in [-0.2, -0.15) is 5.10 Å². The number of hydrogen-bond acceptors (Lipinski definition) is 6. The Balaban J connectivity index is 1.34. The summed E-state index contributed by atoms with van der Waals surface area (Å²) in [7, 11) is 0. The third-order valence-corrected chi connectivity index (χ3v) is 6.79. The molecule has 0 atom stereocenters. The average Bonchev–Trinajstić information content (AvgIpc) is 3.46. The number of hydrogen-bond donors (Lipinski definition) is 2. The third-order valence-electron chi connectivity index (χ3n) is 6.79. The van der Waals surface area contributed by atoms with Crippen molar-refractivity contribution in [3.63, 3.8) is 0 Å². The lowest BCUT2D eigenvalue weighted by molar-refractivity contribution is -0.137. The minimum absolute atomic E-state index is 0.153. The van der Waals surface area contributed by atoms with E-state index < -0.39 is 24.4 Å². The molecule has 2 aliphatic heterocycles. The summed E-state index contributed by atoms with van der Waals surface area (Å²) in [4.78, 5) is 48.3. The number of alkyl halides is 2. The highest BCUT2D eigenvalue weighted by atomic mass is 19.3. The number of benzene rings is 1. The van der Waals surface area contributed by atoms with Gasteiger partial charge in [-0.1, -0.05) is 18.2 Å². The first kappa shape index (κ1) is 23.6. The number of pyridine rings is 1. The van der Waals surface area contributed by atoms with Gasteiger partial charge in [0.1, 0.15) is 12.1 Å². The number of halogens is 2. The van der Waals surface area contributed by atoms with E-state index in [2.05, 4.69) is 20.5 Å². The maximum absolute atomic E-state index is 13.6. The SMILES string of the molecule is O=C(CN1CN(c2ccccc2)C2(CCN(C(=O)c3cnc4[nH]ncc4c3)CC2)C1=O)NCC(F)F. The number of anilines is 1. The van der Waals surface area contributed by atoms with Gasteiger partial charge in [0, 0.05) is 30.4 Å². The van der Waals surface area contributed by atoms with Crippen LogP contribution in [-0.4, -0.2) is 87.5 Å². The standard InChI is InChI=1S/C24H25F2N7O3/c25-19(26)13-27-20(34)14-32-15-33(18-4-2-1-3-5-18)24(23(32)36)6-8-31(9-7-24)22(35)17-10-16-12-29-30-21(16)28-11-17/h1-5,10-12,19H,6-9,13-15H2,(H,27,34)(H,28,29,30). The van der Waals surface area contributed by atoms with Crippen LogP contribution in [0.3, 0.4) is 0 Å². The quantitative estimate of drug-likeness (QED) is 0.535. The first-order chi connectivity index (χ1) is 17.4. The lowest BCUT2D eigenvalue weighted by Crippen LogP contribution is -2.57. The van der Waals surface area contributed by atoms with E-state index in [1.54, 1.807) is 17.2 Å². The lowest BCUT2D eigenvalue weighted by atomic mass is 9.85.